The summed E-state index contributed by atoms with van der Waals surface area (Å²) in [7, 11) is 0. The summed E-state index contributed by atoms with van der Waals surface area (Å²) >= 11 is 0. The van der Waals surface area contributed by atoms with Crippen LogP contribution >= 0.6 is 0 Å². The topological polar surface area (TPSA) is 68.2 Å². The van der Waals surface area contributed by atoms with E-state index in [2.05, 4.69) is 18.8 Å². The molecule has 28 heavy (non-hydrogen) atoms. The summed E-state index contributed by atoms with van der Waals surface area (Å²) in [5.74, 6) is 5.92. The number of hydrogen-bond acceptors (Lipinski definition) is 5. The summed E-state index contributed by atoms with van der Waals surface area (Å²) in [6.45, 7) is 4.04. The van der Waals surface area contributed by atoms with Gasteiger partial charge in [0, 0.05) is 18.9 Å². The van der Waals surface area contributed by atoms with E-state index in [1.807, 2.05) is 0 Å². The largest absolute Gasteiger partial charge is 0.392 e. The average molecular weight is 393 g/mol. The van der Waals surface area contributed by atoms with Gasteiger partial charge in [-0.25, -0.2) is 0 Å². The van der Waals surface area contributed by atoms with Gasteiger partial charge in [-0.15, -0.1) is 0 Å². The van der Waals surface area contributed by atoms with Gasteiger partial charge in [-0.2, -0.15) is 0 Å². The molecule has 3 aliphatic carbocycles. The molecule has 0 amide bonds. The zero-order valence-electron chi connectivity index (χ0n) is 17.2. The maximum atomic E-state index is 10.7. The lowest BCUT2D eigenvalue weighted by Crippen LogP contribution is -2.75. The highest BCUT2D eigenvalue weighted by atomic mass is 16.8. The summed E-state index contributed by atoms with van der Waals surface area (Å²) in [6.07, 6.45) is 8.86. The molecule has 158 valence electrons. The molecule has 5 nitrogen and oxygen atoms in total. The smallest absolute Gasteiger partial charge is 0.198 e. The molecule has 1 spiro atoms. The van der Waals surface area contributed by atoms with Gasteiger partial charge in [0.25, 0.3) is 0 Å². The molecule has 4 fully saturated rings. The van der Waals surface area contributed by atoms with E-state index in [1.54, 1.807) is 0 Å². The monoisotopic (exact) mass is 392 g/mol. The van der Waals surface area contributed by atoms with Crippen molar-refractivity contribution in [2.45, 2.75) is 94.7 Å². The highest BCUT2D eigenvalue weighted by Gasteiger charge is 2.73. The third-order valence-corrected chi connectivity index (χ3v) is 7.50. The third-order valence-electron chi connectivity index (χ3n) is 7.50. The first-order valence-corrected chi connectivity index (χ1v) is 11.4. The fraction of sp³-hybridized carbons (Fsp3) is 0.913. The minimum absolute atomic E-state index is 0.0947. The van der Waals surface area contributed by atoms with Crippen LogP contribution in [0.1, 0.15) is 71.1 Å². The number of rotatable bonds is 5. The Morgan fingerprint density at radius 1 is 1.14 bits per heavy atom. The van der Waals surface area contributed by atoms with Crippen molar-refractivity contribution in [3.05, 3.63) is 0 Å². The van der Waals surface area contributed by atoms with Crippen LogP contribution in [0, 0.1) is 29.6 Å². The molecular weight excluding hydrogens is 356 g/mol. The Morgan fingerprint density at radius 3 is 2.61 bits per heavy atom. The van der Waals surface area contributed by atoms with Crippen molar-refractivity contribution in [3.63, 3.8) is 0 Å². The average Bonchev–Trinajstić information content (AvgIpc) is 3.22. The Hall–Kier alpha value is -0.640. The number of aliphatic hydroxyl groups excluding tert-OH is 2. The predicted octanol–water partition coefficient (Wildman–Crippen LogP) is 3.02. The Kier molecular flexibility index (Phi) is 6.35. The SMILES string of the molecule is CCCCO[C@]12CC[C@@H](O)[C@H](C#C[C@@H](O)C3CCCCC3)[C@H]1CC21OCCO1. The normalized spacial score (nSPS) is 38.3. The van der Waals surface area contributed by atoms with Gasteiger partial charge in [-0.05, 0) is 38.0 Å². The molecule has 0 unspecified atom stereocenters. The van der Waals surface area contributed by atoms with E-state index in [-0.39, 0.29) is 17.8 Å². The zero-order chi connectivity index (χ0) is 19.6. The van der Waals surface area contributed by atoms with Gasteiger partial charge in [-0.3, -0.25) is 0 Å². The van der Waals surface area contributed by atoms with Gasteiger partial charge in [-0.1, -0.05) is 44.4 Å². The van der Waals surface area contributed by atoms with Crippen molar-refractivity contribution < 1.29 is 24.4 Å². The van der Waals surface area contributed by atoms with E-state index in [0.29, 0.717) is 26.2 Å². The third kappa shape index (κ3) is 3.52. The molecule has 0 bridgehead atoms. The van der Waals surface area contributed by atoms with Gasteiger partial charge in [0.1, 0.15) is 11.7 Å². The quantitative estimate of drug-likeness (QED) is 0.556. The van der Waals surface area contributed by atoms with Crippen molar-refractivity contribution in [1.82, 2.24) is 0 Å². The van der Waals surface area contributed by atoms with E-state index >= 15 is 0 Å². The first kappa shape index (κ1) is 20.6. The van der Waals surface area contributed by atoms with Crippen LogP contribution < -0.4 is 0 Å². The summed E-state index contributed by atoms with van der Waals surface area (Å²) in [5, 5.41) is 21.3. The van der Waals surface area contributed by atoms with Crippen molar-refractivity contribution in [3.8, 4) is 11.8 Å². The maximum absolute atomic E-state index is 10.7. The van der Waals surface area contributed by atoms with E-state index in [0.717, 1.165) is 38.5 Å². The van der Waals surface area contributed by atoms with Crippen LogP contribution in [0.15, 0.2) is 0 Å². The number of unbranched alkanes of at least 4 members (excludes halogenated alkanes) is 1. The first-order valence-electron chi connectivity index (χ1n) is 11.4. The lowest BCUT2D eigenvalue weighted by atomic mass is 9.52. The van der Waals surface area contributed by atoms with E-state index in [4.69, 9.17) is 14.2 Å². The molecule has 1 saturated heterocycles. The Bertz CT molecular complexity index is 584. The molecule has 1 heterocycles. The lowest BCUT2D eigenvalue weighted by molar-refractivity contribution is -0.387. The van der Waals surface area contributed by atoms with Gasteiger partial charge in [0.05, 0.1) is 25.2 Å². The highest BCUT2D eigenvalue weighted by molar-refractivity contribution is 5.25. The Labute approximate surface area is 169 Å². The molecule has 4 rings (SSSR count). The molecule has 0 radical (unpaired) electrons. The fourth-order valence-corrected chi connectivity index (χ4v) is 5.83. The summed E-state index contributed by atoms with van der Waals surface area (Å²) in [4.78, 5) is 0. The molecule has 5 heteroatoms. The molecule has 0 aromatic rings. The molecule has 3 saturated carbocycles. The number of fused-ring (bicyclic) bond motifs is 2. The molecule has 5 atom stereocenters. The second kappa shape index (κ2) is 8.62. The standard InChI is InChI=1S/C23H36O5/c1-2-3-13-26-22-12-11-21(25)18(19(22)16-23(22)27-14-15-28-23)9-10-20(24)17-7-5-4-6-8-17/h17-21,24-25H,2-8,11-16H2,1H3/t18-,19-,20-,21-,22-/m1/s1. The molecule has 1 aliphatic heterocycles. The lowest BCUT2D eigenvalue weighted by Gasteiger charge is -2.64. The van der Waals surface area contributed by atoms with Crippen molar-refractivity contribution in [2.24, 2.45) is 17.8 Å². The minimum Gasteiger partial charge on any atom is -0.392 e. The van der Waals surface area contributed by atoms with Crippen molar-refractivity contribution in [1.29, 1.82) is 0 Å². The van der Waals surface area contributed by atoms with Crippen LogP contribution in [-0.2, 0) is 14.2 Å². The van der Waals surface area contributed by atoms with Crippen molar-refractivity contribution >= 4 is 0 Å². The predicted molar refractivity (Wildman–Crippen MR) is 105 cm³/mol. The highest BCUT2D eigenvalue weighted by Crippen LogP contribution is 2.62. The Balaban J connectivity index is 1.51. The second-order valence-electron chi connectivity index (χ2n) is 9.12. The molecule has 0 aromatic carbocycles. The van der Waals surface area contributed by atoms with Crippen LogP contribution in [0.25, 0.3) is 0 Å². The van der Waals surface area contributed by atoms with Crippen LogP contribution in [0.2, 0.25) is 0 Å². The number of hydrogen-bond donors (Lipinski definition) is 2. The zero-order valence-corrected chi connectivity index (χ0v) is 17.2. The van der Waals surface area contributed by atoms with Gasteiger partial charge >= 0.3 is 0 Å². The summed E-state index contributed by atoms with van der Waals surface area (Å²) in [6, 6.07) is 0. The van der Waals surface area contributed by atoms with E-state index in [1.165, 1.54) is 19.3 Å². The van der Waals surface area contributed by atoms with Crippen LogP contribution in [0.3, 0.4) is 0 Å². The minimum atomic E-state index is -0.659. The molecule has 0 aromatic heterocycles. The molecule has 2 N–H and O–H groups in total. The maximum Gasteiger partial charge on any atom is 0.198 e. The summed E-state index contributed by atoms with van der Waals surface area (Å²) < 4.78 is 18.6. The van der Waals surface area contributed by atoms with Gasteiger partial charge in [0.15, 0.2) is 5.79 Å². The number of ether oxygens (including phenoxy) is 3. The second-order valence-corrected chi connectivity index (χ2v) is 9.12. The van der Waals surface area contributed by atoms with Crippen LogP contribution in [0.4, 0.5) is 0 Å². The van der Waals surface area contributed by atoms with Crippen LogP contribution in [0.5, 0.6) is 0 Å². The van der Waals surface area contributed by atoms with E-state index < -0.39 is 23.6 Å². The van der Waals surface area contributed by atoms with Gasteiger partial charge in [0.2, 0.25) is 0 Å². The number of aliphatic hydroxyl groups is 2. The van der Waals surface area contributed by atoms with Gasteiger partial charge < -0.3 is 24.4 Å². The molecule has 4 aliphatic rings. The Morgan fingerprint density at radius 2 is 1.89 bits per heavy atom. The molecular formula is C23H36O5. The van der Waals surface area contributed by atoms with E-state index in [9.17, 15) is 10.2 Å². The first-order chi connectivity index (χ1) is 13.6. The van der Waals surface area contributed by atoms with Crippen LogP contribution in [-0.4, -0.2) is 53.6 Å². The fourth-order valence-electron chi connectivity index (χ4n) is 5.83. The van der Waals surface area contributed by atoms with Crippen molar-refractivity contribution in [2.75, 3.05) is 19.8 Å². The summed E-state index contributed by atoms with van der Waals surface area (Å²) in [5.41, 5.74) is -0.507.